The molecule has 154 valence electrons. The van der Waals surface area contributed by atoms with Crippen molar-refractivity contribution in [3.05, 3.63) is 69.0 Å². The molecule has 0 bridgehead atoms. The fourth-order valence-corrected chi connectivity index (χ4v) is 3.47. The number of carbonyl (C=O) groups is 3. The second-order valence-electron chi connectivity index (χ2n) is 6.51. The van der Waals surface area contributed by atoms with Gasteiger partial charge in [-0.25, -0.2) is 9.18 Å². The van der Waals surface area contributed by atoms with Crippen LogP contribution >= 0.6 is 22.6 Å². The lowest BCUT2D eigenvalue weighted by atomic mass is 10.0. The summed E-state index contributed by atoms with van der Waals surface area (Å²) in [6.07, 6.45) is 0.322. The molecule has 0 aromatic heterocycles. The third kappa shape index (κ3) is 7.45. The zero-order chi connectivity index (χ0) is 21.4. The number of nitrogens with one attached hydrogen (secondary N) is 2. The lowest BCUT2D eigenvalue weighted by molar-refractivity contribution is -0.145. The summed E-state index contributed by atoms with van der Waals surface area (Å²) in [5, 5.41) is 5.21. The predicted octanol–water partition coefficient (Wildman–Crippen LogP) is 2.38. The van der Waals surface area contributed by atoms with Gasteiger partial charge >= 0.3 is 5.97 Å². The molecular weight excluding hydrogens is 490 g/mol. The van der Waals surface area contributed by atoms with Gasteiger partial charge in [0, 0.05) is 23.3 Å². The molecule has 0 unspecified atom stereocenters. The standard InChI is InChI=1S/C21H22FIN2O4/c1-13(26)24-18(11-14-5-3-7-16(22)9-14)20(27)25-19(21(28)29-2)12-15-6-4-8-17(23)10-15/h3-10,18-19H,11-12H2,1-2H3,(H,24,26)(H,25,27)/t18-,19-/m0/s1. The third-order valence-corrected chi connectivity index (χ3v) is 4.82. The number of halogens is 2. The first-order chi connectivity index (χ1) is 13.8. The van der Waals surface area contributed by atoms with Crippen LogP contribution in [0.25, 0.3) is 0 Å². The molecule has 0 aliphatic carbocycles. The molecule has 2 amide bonds. The molecule has 2 aromatic rings. The van der Waals surface area contributed by atoms with Gasteiger partial charge in [-0.2, -0.15) is 0 Å². The molecule has 29 heavy (non-hydrogen) atoms. The first-order valence-electron chi connectivity index (χ1n) is 8.92. The van der Waals surface area contributed by atoms with Gasteiger partial charge in [-0.1, -0.05) is 24.3 Å². The Balaban J connectivity index is 2.17. The molecule has 0 fully saturated rings. The van der Waals surface area contributed by atoms with E-state index in [1.165, 1.54) is 32.2 Å². The number of rotatable bonds is 8. The number of esters is 1. The molecule has 0 saturated carbocycles. The molecule has 6 nitrogen and oxygen atoms in total. The highest BCUT2D eigenvalue weighted by Crippen LogP contribution is 2.12. The van der Waals surface area contributed by atoms with E-state index < -0.39 is 35.7 Å². The predicted molar refractivity (Wildman–Crippen MR) is 115 cm³/mol. The molecule has 0 heterocycles. The fourth-order valence-electron chi connectivity index (χ4n) is 2.86. The number of benzene rings is 2. The highest BCUT2D eigenvalue weighted by molar-refractivity contribution is 14.1. The van der Waals surface area contributed by atoms with E-state index in [9.17, 15) is 18.8 Å². The first-order valence-corrected chi connectivity index (χ1v) is 10.0. The van der Waals surface area contributed by atoms with E-state index in [0.717, 1.165) is 9.13 Å². The summed E-state index contributed by atoms with van der Waals surface area (Å²) in [5.74, 6) is -1.99. The number of hydrogen-bond donors (Lipinski definition) is 2. The Labute approximate surface area is 182 Å². The Morgan fingerprint density at radius 2 is 1.62 bits per heavy atom. The van der Waals surface area contributed by atoms with E-state index in [2.05, 4.69) is 33.2 Å². The van der Waals surface area contributed by atoms with E-state index in [1.54, 1.807) is 6.07 Å². The topological polar surface area (TPSA) is 84.5 Å². The van der Waals surface area contributed by atoms with Crippen LogP contribution in [0.4, 0.5) is 4.39 Å². The molecule has 2 atom stereocenters. The summed E-state index contributed by atoms with van der Waals surface area (Å²) in [6, 6.07) is 11.4. The highest BCUT2D eigenvalue weighted by Gasteiger charge is 2.27. The van der Waals surface area contributed by atoms with Gasteiger partial charge in [-0.05, 0) is 58.0 Å². The lowest BCUT2D eigenvalue weighted by Crippen LogP contribution is -2.53. The fraction of sp³-hybridized carbons (Fsp3) is 0.286. The van der Waals surface area contributed by atoms with Gasteiger partial charge in [0.1, 0.15) is 17.9 Å². The van der Waals surface area contributed by atoms with Gasteiger partial charge in [0.25, 0.3) is 0 Å². The van der Waals surface area contributed by atoms with Crippen molar-refractivity contribution >= 4 is 40.4 Å². The second kappa shape index (κ2) is 10.9. The molecular formula is C21H22FIN2O4. The van der Waals surface area contributed by atoms with Crippen molar-refractivity contribution in [2.75, 3.05) is 7.11 Å². The summed E-state index contributed by atoms with van der Waals surface area (Å²) in [4.78, 5) is 36.6. The van der Waals surface area contributed by atoms with Crippen LogP contribution in [-0.2, 0) is 32.0 Å². The number of amides is 2. The molecule has 2 rings (SSSR count). The van der Waals surface area contributed by atoms with Gasteiger partial charge in [0.15, 0.2) is 0 Å². The zero-order valence-corrected chi connectivity index (χ0v) is 18.2. The van der Waals surface area contributed by atoms with E-state index >= 15 is 0 Å². The maximum absolute atomic E-state index is 13.5. The minimum atomic E-state index is -0.961. The molecule has 0 radical (unpaired) electrons. The van der Waals surface area contributed by atoms with Crippen molar-refractivity contribution in [2.24, 2.45) is 0 Å². The summed E-state index contributed by atoms with van der Waals surface area (Å²) in [6.45, 7) is 1.29. The minimum Gasteiger partial charge on any atom is -0.467 e. The van der Waals surface area contributed by atoms with Crippen LogP contribution in [0, 0.1) is 9.39 Å². The Morgan fingerprint density at radius 1 is 1.00 bits per heavy atom. The smallest absolute Gasteiger partial charge is 0.328 e. The average molecular weight is 512 g/mol. The largest absolute Gasteiger partial charge is 0.467 e. The first kappa shape index (κ1) is 22.8. The van der Waals surface area contributed by atoms with Crippen molar-refractivity contribution in [3.8, 4) is 0 Å². The lowest BCUT2D eigenvalue weighted by Gasteiger charge is -2.22. The summed E-state index contributed by atoms with van der Waals surface area (Å²) in [5.41, 5.74) is 1.40. The minimum absolute atomic E-state index is 0.0836. The van der Waals surface area contributed by atoms with Crippen LogP contribution in [-0.4, -0.2) is 37.0 Å². The van der Waals surface area contributed by atoms with Crippen LogP contribution in [0.3, 0.4) is 0 Å². The van der Waals surface area contributed by atoms with Crippen LogP contribution in [0.5, 0.6) is 0 Å². The van der Waals surface area contributed by atoms with E-state index in [-0.39, 0.29) is 12.8 Å². The van der Waals surface area contributed by atoms with E-state index in [1.807, 2.05) is 24.3 Å². The molecule has 0 aliphatic rings. The Bertz CT molecular complexity index is 890. The van der Waals surface area contributed by atoms with Gasteiger partial charge < -0.3 is 15.4 Å². The van der Waals surface area contributed by atoms with Crippen LogP contribution in [0.1, 0.15) is 18.1 Å². The van der Waals surface area contributed by atoms with Crippen molar-refractivity contribution in [1.82, 2.24) is 10.6 Å². The summed E-state index contributed by atoms with van der Waals surface area (Å²) >= 11 is 2.16. The highest BCUT2D eigenvalue weighted by atomic mass is 127. The molecule has 0 saturated heterocycles. The van der Waals surface area contributed by atoms with Gasteiger partial charge in [-0.15, -0.1) is 0 Å². The van der Waals surface area contributed by atoms with Gasteiger partial charge in [0.05, 0.1) is 7.11 Å². The Kier molecular flexibility index (Phi) is 8.56. The van der Waals surface area contributed by atoms with Gasteiger partial charge in [-0.3, -0.25) is 9.59 Å². The molecule has 2 N–H and O–H groups in total. The maximum Gasteiger partial charge on any atom is 0.328 e. The average Bonchev–Trinajstić information content (AvgIpc) is 2.66. The molecule has 2 aromatic carbocycles. The van der Waals surface area contributed by atoms with E-state index in [0.29, 0.717) is 5.56 Å². The second-order valence-corrected chi connectivity index (χ2v) is 7.75. The van der Waals surface area contributed by atoms with E-state index in [4.69, 9.17) is 4.74 Å². The van der Waals surface area contributed by atoms with Crippen LogP contribution in [0.15, 0.2) is 48.5 Å². The molecule has 0 aliphatic heterocycles. The zero-order valence-electron chi connectivity index (χ0n) is 16.1. The van der Waals surface area contributed by atoms with Crippen molar-refractivity contribution < 1.29 is 23.5 Å². The number of hydrogen-bond acceptors (Lipinski definition) is 4. The van der Waals surface area contributed by atoms with Crippen molar-refractivity contribution in [1.29, 1.82) is 0 Å². The van der Waals surface area contributed by atoms with Gasteiger partial charge in [0.2, 0.25) is 11.8 Å². The molecule has 8 heteroatoms. The van der Waals surface area contributed by atoms with Crippen LogP contribution in [0.2, 0.25) is 0 Å². The monoisotopic (exact) mass is 512 g/mol. The van der Waals surface area contributed by atoms with Crippen LogP contribution < -0.4 is 10.6 Å². The maximum atomic E-state index is 13.5. The summed E-state index contributed by atoms with van der Waals surface area (Å²) in [7, 11) is 1.24. The number of methoxy groups -OCH3 is 1. The Hall–Kier alpha value is -2.49. The number of ether oxygens (including phenoxy) is 1. The van der Waals surface area contributed by atoms with Crippen molar-refractivity contribution in [2.45, 2.75) is 31.8 Å². The SMILES string of the molecule is COC(=O)[C@H](Cc1cccc(I)c1)NC(=O)[C@H](Cc1cccc(F)c1)NC(C)=O. The quantitative estimate of drug-likeness (QED) is 0.421. The Morgan fingerprint density at radius 3 is 2.21 bits per heavy atom. The number of carbonyl (C=O) groups excluding carboxylic acids is 3. The summed E-state index contributed by atoms with van der Waals surface area (Å²) < 4.78 is 19.3. The molecule has 0 spiro atoms. The third-order valence-electron chi connectivity index (χ3n) is 4.15. The van der Waals surface area contributed by atoms with Crippen molar-refractivity contribution in [3.63, 3.8) is 0 Å². The normalized spacial score (nSPS) is 12.6.